The standard InChI is InChI=1S/C32H28Cl6O4/c1-39-25-13-5-21(6-14-25)29(31(33,34)35,22-7-15-26(40-2)16-8-22)30(32(36,37)38,23-9-17-27(41-3)18-10-23)24-11-19-28(42-4)20-12-24/h5-20H,1-4H3. The average Bonchev–Trinajstić information content (AvgIpc) is 2.99. The third kappa shape index (κ3) is 5.47. The molecule has 4 rings (SSSR count). The average molecular weight is 689 g/mol. The maximum Gasteiger partial charge on any atom is 0.205 e. The van der Waals surface area contributed by atoms with Crippen LogP contribution in [0, 0.1) is 0 Å². The van der Waals surface area contributed by atoms with Crippen LogP contribution in [-0.2, 0) is 10.8 Å². The van der Waals surface area contributed by atoms with E-state index in [1.54, 1.807) is 77.0 Å². The molecule has 42 heavy (non-hydrogen) atoms. The predicted molar refractivity (Wildman–Crippen MR) is 174 cm³/mol. The molecule has 0 spiro atoms. The minimum absolute atomic E-state index is 0.548. The predicted octanol–water partition coefficient (Wildman–Crippen LogP) is 9.73. The fourth-order valence-corrected chi connectivity index (χ4v) is 7.80. The Morgan fingerprint density at radius 3 is 0.619 bits per heavy atom. The Balaban J connectivity index is 2.33. The van der Waals surface area contributed by atoms with Crippen LogP contribution < -0.4 is 18.9 Å². The Morgan fingerprint density at radius 2 is 0.500 bits per heavy atom. The van der Waals surface area contributed by atoms with Crippen LogP contribution in [0.25, 0.3) is 0 Å². The lowest BCUT2D eigenvalue weighted by Gasteiger charge is -2.58. The summed E-state index contributed by atoms with van der Waals surface area (Å²) in [4.78, 5) is 0. The van der Waals surface area contributed by atoms with E-state index in [2.05, 4.69) is 0 Å². The monoisotopic (exact) mass is 686 g/mol. The summed E-state index contributed by atoms with van der Waals surface area (Å²) in [6.07, 6.45) is 0. The number of rotatable bonds is 9. The van der Waals surface area contributed by atoms with Crippen molar-refractivity contribution in [3.63, 3.8) is 0 Å². The summed E-state index contributed by atoms with van der Waals surface area (Å²) in [6.45, 7) is 0. The molecule has 4 aromatic carbocycles. The van der Waals surface area contributed by atoms with E-state index in [1.165, 1.54) is 0 Å². The molecule has 0 unspecified atom stereocenters. The largest absolute Gasteiger partial charge is 0.497 e. The summed E-state index contributed by atoms with van der Waals surface area (Å²) < 4.78 is 17.5. The van der Waals surface area contributed by atoms with Crippen LogP contribution in [0.3, 0.4) is 0 Å². The molecule has 0 aliphatic heterocycles. The molecule has 4 aromatic rings. The highest BCUT2D eigenvalue weighted by Crippen LogP contribution is 2.69. The van der Waals surface area contributed by atoms with E-state index in [4.69, 9.17) is 88.6 Å². The topological polar surface area (TPSA) is 36.9 Å². The van der Waals surface area contributed by atoms with Crippen molar-refractivity contribution >= 4 is 69.6 Å². The molecular formula is C32H28Cl6O4. The van der Waals surface area contributed by atoms with Crippen LogP contribution in [0.5, 0.6) is 23.0 Å². The second-order valence-corrected chi connectivity index (χ2v) is 14.0. The van der Waals surface area contributed by atoms with Crippen LogP contribution in [-0.4, -0.2) is 36.0 Å². The van der Waals surface area contributed by atoms with E-state index < -0.39 is 18.4 Å². The van der Waals surface area contributed by atoms with Crippen molar-refractivity contribution in [3.05, 3.63) is 119 Å². The molecule has 0 fully saturated rings. The molecule has 10 heteroatoms. The smallest absolute Gasteiger partial charge is 0.205 e. The molecule has 0 saturated carbocycles. The number of benzene rings is 4. The first-order chi connectivity index (χ1) is 19.9. The van der Waals surface area contributed by atoms with Crippen LogP contribution in [0.4, 0.5) is 0 Å². The van der Waals surface area contributed by atoms with E-state index in [-0.39, 0.29) is 0 Å². The highest BCUT2D eigenvalue weighted by molar-refractivity contribution is 6.71. The first kappa shape index (κ1) is 32.7. The molecule has 0 radical (unpaired) electrons. The summed E-state index contributed by atoms with van der Waals surface area (Å²) in [5.41, 5.74) is -1.20. The summed E-state index contributed by atoms with van der Waals surface area (Å²) in [6, 6.07) is 28.7. The van der Waals surface area contributed by atoms with Gasteiger partial charge in [-0.3, -0.25) is 0 Å². The number of methoxy groups -OCH3 is 4. The first-order valence-corrected chi connectivity index (χ1v) is 14.9. The minimum Gasteiger partial charge on any atom is -0.497 e. The van der Waals surface area contributed by atoms with E-state index in [1.807, 2.05) is 48.5 Å². The van der Waals surface area contributed by atoms with E-state index in [0.29, 0.717) is 45.3 Å². The normalized spacial score (nSPS) is 12.5. The molecule has 0 atom stereocenters. The summed E-state index contributed by atoms with van der Waals surface area (Å²) in [5, 5.41) is 0. The van der Waals surface area contributed by atoms with Gasteiger partial charge in [0, 0.05) is 0 Å². The van der Waals surface area contributed by atoms with Gasteiger partial charge in [-0.1, -0.05) is 118 Å². The quantitative estimate of drug-likeness (QED) is 0.164. The first-order valence-electron chi connectivity index (χ1n) is 12.6. The van der Waals surface area contributed by atoms with Gasteiger partial charge in [-0.25, -0.2) is 0 Å². The zero-order valence-electron chi connectivity index (χ0n) is 23.1. The molecule has 0 bridgehead atoms. The number of alkyl halides is 6. The van der Waals surface area contributed by atoms with Gasteiger partial charge in [0.25, 0.3) is 0 Å². The highest BCUT2D eigenvalue weighted by atomic mass is 35.6. The number of ether oxygens (including phenoxy) is 4. The van der Waals surface area contributed by atoms with Gasteiger partial charge in [0.2, 0.25) is 7.59 Å². The second-order valence-electron chi connectivity index (χ2n) is 9.41. The van der Waals surface area contributed by atoms with Gasteiger partial charge >= 0.3 is 0 Å². The lowest BCUT2D eigenvalue weighted by Crippen LogP contribution is -2.64. The SMILES string of the molecule is COc1ccc(C(c2ccc(OC)cc2)(C(Cl)(Cl)Cl)C(c2ccc(OC)cc2)(c2ccc(OC)cc2)C(Cl)(Cl)Cl)cc1. The second kappa shape index (κ2) is 12.8. The molecule has 0 amide bonds. The minimum atomic E-state index is -2.14. The Bertz CT molecular complexity index is 1250. The maximum atomic E-state index is 7.22. The third-order valence-electron chi connectivity index (χ3n) is 7.51. The van der Waals surface area contributed by atoms with Gasteiger partial charge in [-0.05, 0) is 70.8 Å². The molecule has 4 nitrogen and oxygen atoms in total. The third-order valence-corrected chi connectivity index (χ3v) is 9.21. The maximum absolute atomic E-state index is 7.22. The fourth-order valence-electron chi connectivity index (χ4n) is 5.64. The van der Waals surface area contributed by atoms with Gasteiger partial charge in [-0.2, -0.15) is 0 Å². The van der Waals surface area contributed by atoms with E-state index in [9.17, 15) is 0 Å². The molecule has 0 aliphatic carbocycles. The lowest BCUT2D eigenvalue weighted by molar-refractivity contribution is 0.309. The van der Waals surface area contributed by atoms with Gasteiger partial charge in [0.15, 0.2) is 0 Å². The van der Waals surface area contributed by atoms with Gasteiger partial charge < -0.3 is 18.9 Å². The summed E-state index contributed by atoms with van der Waals surface area (Å²) >= 11 is 43.3. The van der Waals surface area contributed by atoms with Crippen molar-refractivity contribution in [2.24, 2.45) is 0 Å². The molecule has 0 heterocycles. The van der Waals surface area contributed by atoms with E-state index >= 15 is 0 Å². The van der Waals surface area contributed by atoms with Gasteiger partial charge in [-0.15, -0.1) is 0 Å². The van der Waals surface area contributed by atoms with Crippen LogP contribution in [0.1, 0.15) is 22.3 Å². The fraction of sp³-hybridized carbons (Fsp3) is 0.250. The van der Waals surface area contributed by atoms with Crippen molar-refractivity contribution in [1.82, 2.24) is 0 Å². The summed E-state index contributed by atoms with van der Waals surface area (Å²) in [7, 11) is 6.28. The molecule has 222 valence electrons. The molecular weight excluding hydrogens is 661 g/mol. The Kier molecular flexibility index (Phi) is 9.99. The van der Waals surface area contributed by atoms with E-state index in [0.717, 1.165) is 0 Å². The Morgan fingerprint density at radius 1 is 0.333 bits per heavy atom. The van der Waals surface area contributed by atoms with Gasteiger partial charge in [0.05, 0.1) is 39.3 Å². The molecule has 0 aromatic heterocycles. The van der Waals surface area contributed by atoms with Crippen molar-refractivity contribution in [3.8, 4) is 23.0 Å². The number of hydrogen-bond donors (Lipinski definition) is 0. The highest BCUT2D eigenvalue weighted by Gasteiger charge is 2.72. The zero-order chi connectivity index (χ0) is 30.8. The number of hydrogen-bond acceptors (Lipinski definition) is 4. The van der Waals surface area contributed by atoms with Crippen molar-refractivity contribution in [2.45, 2.75) is 18.4 Å². The lowest BCUT2D eigenvalue weighted by atomic mass is 9.52. The molecule has 0 aliphatic rings. The van der Waals surface area contributed by atoms with Crippen molar-refractivity contribution in [2.75, 3.05) is 28.4 Å². The molecule has 0 saturated heterocycles. The van der Waals surface area contributed by atoms with Crippen molar-refractivity contribution in [1.29, 1.82) is 0 Å². The van der Waals surface area contributed by atoms with Gasteiger partial charge in [0.1, 0.15) is 23.0 Å². The Hall–Kier alpha value is -2.18. The molecule has 0 N–H and O–H groups in total. The number of halogens is 6. The summed E-state index contributed by atoms with van der Waals surface area (Å²) in [5.74, 6) is 2.39. The van der Waals surface area contributed by atoms with Crippen LogP contribution >= 0.6 is 69.6 Å². The Labute approximate surface area is 276 Å². The van der Waals surface area contributed by atoms with Crippen LogP contribution in [0.15, 0.2) is 97.1 Å². The van der Waals surface area contributed by atoms with Crippen molar-refractivity contribution < 1.29 is 18.9 Å². The van der Waals surface area contributed by atoms with Crippen LogP contribution in [0.2, 0.25) is 0 Å². The zero-order valence-corrected chi connectivity index (χ0v) is 27.7.